The molecule has 0 aromatic heterocycles. The number of carbonyl (C=O) groups excluding carboxylic acids is 2. The first-order valence-electron chi connectivity index (χ1n) is 6.93. The molecule has 0 aromatic rings. The average Bonchev–Trinajstić information content (AvgIpc) is 2.47. The van der Waals surface area contributed by atoms with Crippen LogP contribution < -0.4 is 16.9 Å². The van der Waals surface area contributed by atoms with Crippen molar-refractivity contribution in [1.82, 2.24) is 10.3 Å². The summed E-state index contributed by atoms with van der Waals surface area (Å²) in [5.74, 6) is 5.64. The predicted octanol–water partition coefficient (Wildman–Crippen LogP) is 0.425. The molecule has 1 saturated carbocycles. The molecule has 1 aliphatic heterocycles. The number of nitrogens with zero attached hydrogens (tertiary/aromatic N) is 1. The number of rotatable bonds is 5. The molecule has 20 heavy (non-hydrogen) atoms. The van der Waals surface area contributed by atoms with Crippen LogP contribution in [-0.4, -0.2) is 23.1 Å². The number of allylic oxidation sites excluding steroid dienone is 1. The lowest BCUT2D eigenvalue weighted by Crippen LogP contribution is -2.43. The third kappa shape index (κ3) is 3.08. The standard InChI is InChI=1S/C14H21N4O2/c15-11(10-19)8-14(4-2-1-3-5-14)13(20)12-9-18(16)7-6-17-12/h6-7,9,11,17H,1-5,8,15-16H2. The van der Waals surface area contributed by atoms with Crippen molar-refractivity contribution in [2.45, 2.75) is 44.6 Å². The highest BCUT2D eigenvalue weighted by molar-refractivity contribution is 6.00. The van der Waals surface area contributed by atoms with Crippen LogP contribution in [0.3, 0.4) is 0 Å². The quantitative estimate of drug-likeness (QED) is 0.630. The molecule has 0 aromatic carbocycles. The van der Waals surface area contributed by atoms with Gasteiger partial charge in [0.2, 0.25) is 6.29 Å². The first-order chi connectivity index (χ1) is 9.57. The van der Waals surface area contributed by atoms with E-state index in [4.69, 9.17) is 11.6 Å². The summed E-state index contributed by atoms with van der Waals surface area (Å²) in [6.07, 6.45) is 11.5. The molecule has 1 unspecified atom stereocenters. The molecule has 6 heteroatoms. The number of hydrazine groups is 1. The van der Waals surface area contributed by atoms with E-state index < -0.39 is 11.5 Å². The molecule has 0 saturated heterocycles. The van der Waals surface area contributed by atoms with Crippen molar-refractivity contribution < 1.29 is 9.59 Å². The van der Waals surface area contributed by atoms with Gasteiger partial charge in [-0.05, 0) is 19.3 Å². The van der Waals surface area contributed by atoms with Crippen molar-refractivity contribution in [3.05, 3.63) is 24.3 Å². The lowest BCUT2D eigenvalue weighted by molar-refractivity contribution is -0.127. The Morgan fingerprint density at radius 3 is 2.75 bits per heavy atom. The summed E-state index contributed by atoms with van der Waals surface area (Å²) in [5.41, 5.74) is 5.60. The second kappa shape index (κ2) is 6.19. The van der Waals surface area contributed by atoms with E-state index in [-0.39, 0.29) is 5.78 Å². The van der Waals surface area contributed by atoms with E-state index in [2.05, 4.69) is 5.32 Å². The number of hydrogen-bond donors (Lipinski definition) is 3. The van der Waals surface area contributed by atoms with Gasteiger partial charge in [-0.25, -0.2) is 5.84 Å². The molecule has 0 bridgehead atoms. The molecule has 109 valence electrons. The van der Waals surface area contributed by atoms with Crippen molar-refractivity contribution in [3.63, 3.8) is 0 Å². The largest absolute Gasteiger partial charge is 0.356 e. The van der Waals surface area contributed by atoms with Crippen LogP contribution in [-0.2, 0) is 9.59 Å². The summed E-state index contributed by atoms with van der Waals surface area (Å²) in [7, 11) is 0. The summed E-state index contributed by atoms with van der Waals surface area (Å²) >= 11 is 0. The molecule has 0 spiro atoms. The van der Waals surface area contributed by atoms with Crippen molar-refractivity contribution >= 4 is 12.1 Å². The Hall–Kier alpha value is -1.66. The number of nitrogens with two attached hydrogens (primary N) is 2. The maximum Gasteiger partial charge on any atom is 0.216 e. The van der Waals surface area contributed by atoms with Crippen LogP contribution in [0.2, 0.25) is 0 Å². The van der Waals surface area contributed by atoms with Crippen LogP contribution >= 0.6 is 0 Å². The fraction of sp³-hybridized carbons (Fsp3) is 0.571. The van der Waals surface area contributed by atoms with Gasteiger partial charge in [-0.15, -0.1) is 0 Å². The SMILES string of the molecule is NC([C]=O)CC1(C(=O)C2=CN(N)C=CN2)CCCCC1. The van der Waals surface area contributed by atoms with E-state index in [9.17, 15) is 9.59 Å². The maximum atomic E-state index is 12.8. The molecule has 6 nitrogen and oxygen atoms in total. The summed E-state index contributed by atoms with van der Waals surface area (Å²) in [5, 5.41) is 4.27. The number of Topliss-reactive ketones (excluding diaryl/α,β-unsaturated/α-hetero) is 1. The Balaban J connectivity index is 2.21. The zero-order valence-corrected chi connectivity index (χ0v) is 11.5. The van der Waals surface area contributed by atoms with Crippen LogP contribution in [0.4, 0.5) is 0 Å². The van der Waals surface area contributed by atoms with Crippen molar-refractivity contribution in [2.75, 3.05) is 0 Å². The van der Waals surface area contributed by atoms with Crippen LogP contribution in [0.1, 0.15) is 38.5 Å². The van der Waals surface area contributed by atoms with Gasteiger partial charge in [-0.3, -0.25) is 14.6 Å². The monoisotopic (exact) mass is 277 g/mol. The molecular formula is C14H21N4O2. The van der Waals surface area contributed by atoms with Gasteiger partial charge in [-0.1, -0.05) is 19.3 Å². The number of ketones is 1. The zero-order chi connectivity index (χ0) is 14.6. The third-order valence-electron chi connectivity index (χ3n) is 4.06. The third-order valence-corrected chi connectivity index (χ3v) is 4.06. The minimum atomic E-state index is -0.717. The van der Waals surface area contributed by atoms with E-state index in [1.165, 1.54) is 5.01 Å². The molecule has 1 heterocycles. The number of nitrogens with one attached hydrogen (secondary N) is 1. The lowest BCUT2D eigenvalue weighted by Gasteiger charge is -2.37. The van der Waals surface area contributed by atoms with E-state index in [0.29, 0.717) is 12.1 Å². The summed E-state index contributed by atoms with van der Waals surface area (Å²) in [6, 6.07) is -0.717. The fourth-order valence-corrected chi connectivity index (χ4v) is 3.07. The van der Waals surface area contributed by atoms with E-state index in [1.54, 1.807) is 24.9 Å². The Kier molecular flexibility index (Phi) is 4.57. The molecule has 0 amide bonds. The zero-order valence-electron chi connectivity index (χ0n) is 11.5. The van der Waals surface area contributed by atoms with Gasteiger partial charge in [0.1, 0.15) is 5.70 Å². The number of carbonyl (C=O) groups is 1. The Morgan fingerprint density at radius 1 is 1.45 bits per heavy atom. The molecular weight excluding hydrogens is 256 g/mol. The molecule has 5 N–H and O–H groups in total. The molecule has 1 aliphatic carbocycles. The Bertz CT molecular complexity index is 438. The number of hydrogen-bond acceptors (Lipinski definition) is 6. The van der Waals surface area contributed by atoms with Crippen LogP contribution in [0, 0.1) is 5.41 Å². The molecule has 2 rings (SSSR count). The smallest absolute Gasteiger partial charge is 0.216 e. The molecule has 1 fully saturated rings. The van der Waals surface area contributed by atoms with E-state index in [0.717, 1.165) is 32.1 Å². The highest BCUT2D eigenvalue weighted by Crippen LogP contribution is 2.42. The molecule has 1 radical (unpaired) electrons. The van der Waals surface area contributed by atoms with Crippen molar-refractivity contribution in [3.8, 4) is 0 Å². The van der Waals surface area contributed by atoms with Crippen LogP contribution in [0.15, 0.2) is 24.3 Å². The highest BCUT2D eigenvalue weighted by atomic mass is 16.1. The van der Waals surface area contributed by atoms with E-state index in [1.807, 2.05) is 0 Å². The minimum absolute atomic E-state index is 0.0114. The fourth-order valence-electron chi connectivity index (χ4n) is 3.07. The van der Waals surface area contributed by atoms with Gasteiger partial charge in [0.25, 0.3) is 0 Å². The van der Waals surface area contributed by atoms with E-state index >= 15 is 0 Å². The first kappa shape index (κ1) is 14.7. The first-order valence-corrected chi connectivity index (χ1v) is 6.93. The normalized spacial score (nSPS) is 22.7. The lowest BCUT2D eigenvalue weighted by atomic mass is 9.67. The predicted molar refractivity (Wildman–Crippen MR) is 75.2 cm³/mol. The van der Waals surface area contributed by atoms with Gasteiger partial charge in [0.05, 0.1) is 6.04 Å². The Morgan fingerprint density at radius 2 is 2.15 bits per heavy atom. The highest BCUT2D eigenvalue weighted by Gasteiger charge is 2.42. The Labute approximate surface area is 118 Å². The molecule has 1 atom stereocenters. The van der Waals surface area contributed by atoms with Crippen LogP contribution in [0.5, 0.6) is 0 Å². The van der Waals surface area contributed by atoms with Crippen molar-refractivity contribution in [1.29, 1.82) is 0 Å². The average molecular weight is 277 g/mol. The van der Waals surface area contributed by atoms with Crippen molar-refractivity contribution in [2.24, 2.45) is 17.0 Å². The summed E-state index contributed by atoms with van der Waals surface area (Å²) in [4.78, 5) is 23.6. The summed E-state index contributed by atoms with van der Waals surface area (Å²) in [6.45, 7) is 0. The van der Waals surface area contributed by atoms with Gasteiger partial charge >= 0.3 is 0 Å². The second-order valence-electron chi connectivity index (χ2n) is 5.55. The second-order valence-corrected chi connectivity index (χ2v) is 5.55. The van der Waals surface area contributed by atoms with Gasteiger partial charge in [-0.2, -0.15) is 0 Å². The summed E-state index contributed by atoms with van der Waals surface area (Å²) < 4.78 is 0. The van der Waals surface area contributed by atoms with Gasteiger partial charge in [0.15, 0.2) is 5.78 Å². The molecule has 2 aliphatic rings. The minimum Gasteiger partial charge on any atom is -0.356 e. The maximum absolute atomic E-state index is 12.8. The van der Waals surface area contributed by atoms with Gasteiger partial charge < -0.3 is 11.1 Å². The van der Waals surface area contributed by atoms with Gasteiger partial charge in [0, 0.05) is 24.0 Å². The van der Waals surface area contributed by atoms with Crippen LogP contribution in [0.25, 0.3) is 0 Å². The topological polar surface area (TPSA) is 101 Å².